The van der Waals surface area contributed by atoms with Crippen molar-refractivity contribution in [1.29, 1.82) is 0 Å². The van der Waals surface area contributed by atoms with Crippen LogP contribution in [0.25, 0.3) is 10.9 Å². The molecule has 1 aromatic heterocycles. The van der Waals surface area contributed by atoms with Crippen molar-refractivity contribution in [2.75, 3.05) is 69.7 Å². The summed E-state index contributed by atoms with van der Waals surface area (Å²) in [6.45, 7) is 5.48. The monoisotopic (exact) mass is 826 g/mol. The number of hydrogen-bond donors (Lipinski definition) is 2. The summed E-state index contributed by atoms with van der Waals surface area (Å²) < 4.78 is 25.5. The third-order valence-electron chi connectivity index (χ3n) is 11.6. The molecule has 8 rings (SSSR count). The van der Waals surface area contributed by atoms with Gasteiger partial charge in [0, 0.05) is 68.4 Å². The number of amides is 5. The van der Waals surface area contributed by atoms with Gasteiger partial charge in [-0.1, -0.05) is 11.6 Å². The molecule has 1 unspecified atom stereocenters. The number of halogens is 2. The highest BCUT2D eigenvalue weighted by Crippen LogP contribution is 2.36. The third kappa shape index (κ3) is 8.50. The number of anilines is 3. The van der Waals surface area contributed by atoms with Gasteiger partial charge in [0.05, 0.1) is 35.4 Å². The maximum atomic E-state index is 13.7. The standard InChI is InChI=1S/C42H44ClFN8O7/c1-58-35-22-30-33(45-24-46-39(30)47-26-3-6-32(44)31(43)20-26)23-36(35)59-18-2-11-49-12-9-25(10-13-49)19-38(54)51-16-14-50(15-17-51)27-4-5-28-29(21-27)42(57)52(41(28)56)34-7-8-37(53)48-40(34)55/h3-6,20-25,34H,2,7-19H2,1H3,(H,45,46,47)(H,48,53,55). The molecule has 3 aromatic carbocycles. The number of likely N-dealkylation sites (tertiary alicyclic amines) is 1. The molecule has 3 fully saturated rings. The maximum absolute atomic E-state index is 13.7. The van der Waals surface area contributed by atoms with Gasteiger partial charge in [-0.15, -0.1) is 0 Å². The van der Waals surface area contributed by atoms with Gasteiger partial charge in [-0.05, 0) is 87.2 Å². The highest BCUT2D eigenvalue weighted by atomic mass is 35.5. The highest BCUT2D eigenvalue weighted by molar-refractivity contribution is 6.31. The van der Waals surface area contributed by atoms with Crippen molar-refractivity contribution in [1.82, 2.24) is 30.0 Å². The van der Waals surface area contributed by atoms with E-state index in [4.69, 9.17) is 21.1 Å². The van der Waals surface area contributed by atoms with Crippen molar-refractivity contribution in [2.24, 2.45) is 5.92 Å². The number of ether oxygens (including phenoxy) is 2. The van der Waals surface area contributed by atoms with Gasteiger partial charge in [0.1, 0.15) is 24.0 Å². The van der Waals surface area contributed by atoms with Gasteiger partial charge in [0.25, 0.3) is 11.8 Å². The molecule has 1 atom stereocenters. The van der Waals surface area contributed by atoms with Crippen LogP contribution in [0.2, 0.25) is 5.02 Å². The molecule has 59 heavy (non-hydrogen) atoms. The van der Waals surface area contributed by atoms with E-state index < -0.39 is 35.5 Å². The number of nitrogens with zero attached hydrogens (tertiary/aromatic N) is 6. The van der Waals surface area contributed by atoms with E-state index in [2.05, 4.69) is 30.4 Å². The average Bonchev–Trinajstić information content (AvgIpc) is 3.49. The number of imide groups is 2. The molecule has 4 aliphatic heterocycles. The quantitative estimate of drug-likeness (QED) is 0.148. The molecular weight excluding hydrogens is 783 g/mol. The summed E-state index contributed by atoms with van der Waals surface area (Å²) in [4.78, 5) is 79.9. The normalized spacial score (nSPS) is 19.0. The number of aromatic nitrogens is 2. The number of piperazine rings is 1. The van der Waals surface area contributed by atoms with Crippen molar-refractivity contribution in [3.8, 4) is 11.5 Å². The van der Waals surface area contributed by atoms with E-state index in [1.807, 2.05) is 17.0 Å². The molecule has 5 amide bonds. The predicted molar refractivity (Wildman–Crippen MR) is 217 cm³/mol. The number of hydrogen-bond acceptors (Lipinski definition) is 12. The first-order chi connectivity index (χ1) is 28.6. The Bertz CT molecular complexity index is 2310. The van der Waals surface area contributed by atoms with Crippen LogP contribution in [0.3, 0.4) is 0 Å². The number of carbonyl (C=O) groups is 5. The van der Waals surface area contributed by atoms with Crippen LogP contribution < -0.4 is 25.0 Å². The van der Waals surface area contributed by atoms with Gasteiger partial charge in [-0.2, -0.15) is 0 Å². The SMILES string of the molecule is COc1cc2c(Nc3ccc(F)c(Cl)c3)ncnc2cc1OCCCN1CCC(CC(=O)N2CCN(c3ccc4c(c3)C(=O)N(C3CCC(=O)NC3=O)C4=O)CC2)CC1. The van der Waals surface area contributed by atoms with Crippen LogP contribution in [0.1, 0.15) is 59.2 Å². The van der Waals surface area contributed by atoms with E-state index in [1.165, 1.54) is 18.5 Å². The van der Waals surface area contributed by atoms with Crippen LogP contribution in [-0.4, -0.2) is 120 Å². The minimum absolute atomic E-state index is 0.00481. The third-order valence-corrected chi connectivity index (χ3v) is 11.9. The Morgan fingerprint density at radius 2 is 1.69 bits per heavy atom. The first kappa shape index (κ1) is 39.9. The Kier molecular flexibility index (Phi) is 11.6. The smallest absolute Gasteiger partial charge is 0.262 e. The van der Waals surface area contributed by atoms with Gasteiger partial charge in [-0.25, -0.2) is 14.4 Å². The largest absolute Gasteiger partial charge is 0.493 e. The molecule has 308 valence electrons. The molecule has 15 nitrogen and oxygen atoms in total. The summed E-state index contributed by atoms with van der Waals surface area (Å²) in [5.41, 5.74) is 2.51. The first-order valence-corrected chi connectivity index (χ1v) is 20.2. The lowest BCUT2D eigenvalue weighted by molar-refractivity contribution is -0.136. The topological polar surface area (TPSA) is 167 Å². The summed E-state index contributed by atoms with van der Waals surface area (Å²) in [6.07, 6.45) is 4.84. The summed E-state index contributed by atoms with van der Waals surface area (Å²) in [5.74, 6) is -0.508. The van der Waals surface area contributed by atoms with Gasteiger partial charge in [-0.3, -0.25) is 34.2 Å². The number of nitrogens with one attached hydrogen (secondary N) is 2. The zero-order valence-electron chi connectivity index (χ0n) is 32.5. The van der Waals surface area contributed by atoms with Crippen molar-refractivity contribution < 1.29 is 37.8 Å². The fraction of sp³-hybridized carbons (Fsp3) is 0.405. The van der Waals surface area contributed by atoms with Crippen LogP contribution in [0.4, 0.5) is 21.6 Å². The molecule has 0 spiro atoms. The molecule has 2 N–H and O–H groups in total. The van der Waals surface area contributed by atoms with Crippen molar-refractivity contribution in [3.63, 3.8) is 0 Å². The molecule has 4 aromatic rings. The molecule has 4 aliphatic rings. The van der Waals surface area contributed by atoms with E-state index in [0.717, 1.165) is 49.5 Å². The van der Waals surface area contributed by atoms with Crippen LogP contribution in [-0.2, 0) is 14.4 Å². The van der Waals surface area contributed by atoms with Crippen LogP contribution in [0.15, 0.2) is 54.9 Å². The van der Waals surface area contributed by atoms with Crippen molar-refractivity contribution >= 4 is 69.2 Å². The fourth-order valence-electron chi connectivity index (χ4n) is 8.28. The lowest BCUT2D eigenvalue weighted by Crippen LogP contribution is -2.54. The zero-order valence-corrected chi connectivity index (χ0v) is 33.3. The Morgan fingerprint density at radius 1 is 0.915 bits per heavy atom. The molecule has 3 saturated heterocycles. The summed E-state index contributed by atoms with van der Waals surface area (Å²) in [7, 11) is 1.58. The average molecular weight is 827 g/mol. The molecule has 17 heteroatoms. The Morgan fingerprint density at radius 3 is 2.44 bits per heavy atom. The molecule has 0 saturated carbocycles. The first-order valence-electron chi connectivity index (χ1n) is 19.8. The van der Waals surface area contributed by atoms with E-state index in [0.29, 0.717) is 79.0 Å². The second-order valence-corrected chi connectivity index (χ2v) is 15.6. The van der Waals surface area contributed by atoms with E-state index >= 15 is 0 Å². The van der Waals surface area contributed by atoms with Crippen molar-refractivity contribution in [3.05, 3.63) is 76.8 Å². The minimum atomic E-state index is -1.01. The maximum Gasteiger partial charge on any atom is 0.262 e. The van der Waals surface area contributed by atoms with Gasteiger partial charge in [0.2, 0.25) is 17.7 Å². The lowest BCUT2D eigenvalue weighted by atomic mass is 9.92. The van der Waals surface area contributed by atoms with Crippen molar-refractivity contribution in [2.45, 2.75) is 44.6 Å². The Hall–Kier alpha value is -5.87. The second kappa shape index (κ2) is 17.2. The Balaban J connectivity index is 0.764. The van der Waals surface area contributed by atoms with Crippen LogP contribution in [0.5, 0.6) is 11.5 Å². The van der Waals surface area contributed by atoms with Gasteiger partial charge in [0.15, 0.2) is 11.5 Å². The van der Waals surface area contributed by atoms with Crippen LogP contribution in [0, 0.1) is 11.7 Å². The number of carbonyl (C=O) groups excluding carboxylic acids is 5. The zero-order chi connectivity index (χ0) is 41.2. The number of rotatable bonds is 12. The summed E-state index contributed by atoms with van der Waals surface area (Å²) in [6, 6.07) is 12.1. The molecule has 0 radical (unpaired) electrons. The molecule has 5 heterocycles. The minimum Gasteiger partial charge on any atom is -0.493 e. The molecule has 0 aliphatic carbocycles. The fourth-order valence-corrected chi connectivity index (χ4v) is 8.46. The molecule has 0 bridgehead atoms. The predicted octanol–water partition coefficient (Wildman–Crippen LogP) is 4.80. The van der Waals surface area contributed by atoms with E-state index in [1.54, 1.807) is 31.4 Å². The number of methoxy groups -OCH3 is 1. The van der Waals surface area contributed by atoms with Crippen LogP contribution >= 0.6 is 11.6 Å². The number of fused-ring (bicyclic) bond motifs is 2. The molecular formula is C42H44ClFN8O7. The lowest BCUT2D eigenvalue weighted by Gasteiger charge is -2.37. The second-order valence-electron chi connectivity index (χ2n) is 15.2. The van der Waals surface area contributed by atoms with E-state index in [-0.39, 0.29) is 34.9 Å². The van der Waals surface area contributed by atoms with Gasteiger partial charge >= 0.3 is 0 Å². The number of benzene rings is 3. The van der Waals surface area contributed by atoms with E-state index in [9.17, 15) is 28.4 Å². The summed E-state index contributed by atoms with van der Waals surface area (Å²) in [5, 5.41) is 6.10. The number of piperidine rings is 2. The highest BCUT2D eigenvalue weighted by Gasteiger charge is 2.45. The van der Waals surface area contributed by atoms with Gasteiger partial charge < -0.3 is 29.5 Å². The summed E-state index contributed by atoms with van der Waals surface area (Å²) >= 11 is 5.96. The Labute approximate surface area is 344 Å².